The molecule has 356 valence electrons. The summed E-state index contributed by atoms with van der Waals surface area (Å²) in [5.74, 6) is -1.17. The molecule has 0 aromatic carbocycles. The van der Waals surface area contributed by atoms with E-state index in [1.807, 2.05) is 24.3 Å². The number of carbonyl (C=O) groups is 2. The molecule has 3 unspecified atom stereocenters. The normalized spacial score (nSPS) is 17.9. The number of allylic oxidation sites excluding steroid dienone is 10. The second kappa shape index (κ2) is 37.9. The molecule has 0 amide bonds. The largest absolute Gasteiger partial charge is 0.472 e. The van der Waals surface area contributed by atoms with Crippen LogP contribution in [-0.2, 0) is 46.5 Å². The van der Waals surface area contributed by atoms with Gasteiger partial charge in [0.25, 0.3) is 0 Å². The second-order valence-electron chi connectivity index (χ2n) is 15.4. The molecule has 0 aromatic heterocycles. The van der Waals surface area contributed by atoms with Crippen molar-refractivity contribution >= 4 is 27.6 Å². The molecule has 1 aliphatic rings. The molecule has 1 heterocycles. The monoisotopic (exact) mass is 916 g/mol. The third-order valence-corrected chi connectivity index (χ3v) is 10.9. The second-order valence-corrected chi connectivity index (χ2v) is 18.0. The van der Waals surface area contributed by atoms with Crippen LogP contribution < -0.4 is 0 Å². The van der Waals surface area contributed by atoms with Gasteiger partial charge in [-0.25, -0.2) is 9.13 Å². The van der Waals surface area contributed by atoms with E-state index in [9.17, 15) is 28.7 Å². The Hall–Kier alpha value is -2.48. The molecule has 16 heteroatoms. The molecular formula is C46H78O14P2. The van der Waals surface area contributed by atoms with Gasteiger partial charge in [0.15, 0.2) is 6.10 Å². The van der Waals surface area contributed by atoms with E-state index in [1.54, 1.807) is 0 Å². The van der Waals surface area contributed by atoms with Crippen LogP contribution in [-0.4, -0.2) is 82.6 Å². The van der Waals surface area contributed by atoms with Crippen molar-refractivity contribution in [2.75, 3.05) is 26.4 Å². The number of hydrogen-bond donors (Lipinski definition) is 4. The van der Waals surface area contributed by atoms with Crippen molar-refractivity contribution in [3.05, 3.63) is 72.9 Å². The highest BCUT2D eigenvalue weighted by atomic mass is 31.2. The smallest absolute Gasteiger partial charge is 0.462 e. The van der Waals surface area contributed by atoms with Crippen molar-refractivity contribution in [3.8, 4) is 0 Å². The summed E-state index contributed by atoms with van der Waals surface area (Å²) in [6.07, 6.45) is 43.6. The van der Waals surface area contributed by atoms with Gasteiger partial charge in [-0.1, -0.05) is 132 Å². The third kappa shape index (κ3) is 38.0. The Balaban J connectivity index is 2.43. The predicted molar refractivity (Wildman–Crippen MR) is 243 cm³/mol. The number of aliphatic hydroxyl groups excluding tert-OH is 1. The average molecular weight is 917 g/mol. The van der Waals surface area contributed by atoms with Crippen LogP contribution in [0, 0.1) is 0 Å². The summed E-state index contributed by atoms with van der Waals surface area (Å²) in [5.41, 5.74) is 0. The van der Waals surface area contributed by atoms with Crippen LogP contribution >= 0.6 is 15.6 Å². The number of carbonyl (C=O) groups excluding carboxylic acids is 2. The molecule has 4 N–H and O–H groups in total. The zero-order chi connectivity index (χ0) is 45.6. The van der Waals surface area contributed by atoms with Gasteiger partial charge in [0.2, 0.25) is 0 Å². The van der Waals surface area contributed by atoms with Crippen LogP contribution in [0.4, 0.5) is 0 Å². The molecule has 1 rings (SSSR count). The molecule has 62 heavy (non-hydrogen) atoms. The van der Waals surface area contributed by atoms with Gasteiger partial charge in [0, 0.05) is 12.8 Å². The molecule has 0 spiro atoms. The minimum Gasteiger partial charge on any atom is -0.462 e. The Kier molecular flexibility index (Phi) is 35.1. The number of hydrogen-bond acceptors (Lipinski definition) is 11. The summed E-state index contributed by atoms with van der Waals surface area (Å²) in [4.78, 5) is 52.7. The SMILES string of the molecule is CCCCC/C=C\CC1OC1C/C=C\C/C=C\CCCC(=O)OC[C@H](COP(=O)(O)OC[C@@H](O)COP(=O)(O)O)OC(=O)CCC/C=C\C/C=C\C/C=C\CCCCCCCC. The zero-order valence-corrected chi connectivity index (χ0v) is 39.2. The Morgan fingerprint density at radius 1 is 0.548 bits per heavy atom. The van der Waals surface area contributed by atoms with Crippen LogP contribution in [0.15, 0.2) is 72.9 Å². The highest BCUT2D eigenvalue weighted by Crippen LogP contribution is 2.44. The van der Waals surface area contributed by atoms with Gasteiger partial charge in [-0.05, 0) is 83.5 Å². The van der Waals surface area contributed by atoms with E-state index in [1.165, 1.54) is 57.8 Å². The molecule has 1 saturated heterocycles. The lowest BCUT2D eigenvalue weighted by Crippen LogP contribution is -2.29. The van der Waals surface area contributed by atoms with Crippen LogP contribution in [0.25, 0.3) is 0 Å². The fraction of sp³-hybridized carbons (Fsp3) is 0.696. The Morgan fingerprint density at radius 3 is 1.58 bits per heavy atom. The van der Waals surface area contributed by atoms with Gasteiger partial charge in [0.1, 0.15) is 12.7 Å². The van der Waals surface area contributed by atoms with Gasteiger partial charge >= 0.3 is 27.6 Å². The summed E-state index contributed by atoms with van der Waals surface area (Å²) in [6.45, 7) is 1.59. The number of ether oxygens (including phenoxy) is 3. The molecule has 0 aromatic rings. The van der Waals surface area contributed by atoms with Crippen LogP contribution in [0.5, 0.6) is 0 Å². The fourth-order valence-electron chi connectivity index (χ4n) is 5.87. The van der Waals surface area contributed by atoms with E-state index in [4.69, 9.17) is 28.5 Å². The summed E-state index contributed by atoms with van der Waals surface area (Å²) in [7, 11) is -9.72. The Bertz CT molecular complexity index is 1440. The van der Waals surface area contributed by atoms with E-state index in [2.05, 4.69) is 71.5 Å². The van der Waals surface area contributed by atoms with Gasteiger partial charge in [-0.3, -0.25) is 23.2 Å². The molecule has 14 nitrogen and oxygen atoms in total. The topological polar surface area (TPSA) is 208 Å². The lowest BCUT2D eigenvalue weighted by atomic mass is 10.1. The van der Waals surface area contributed by atoms with E-state index in [0.717, 1.165) is 44.9 Å². The fourth-order valence-corrected chi connectivity index (χ4v) is 7.02. The minimum absolute atomic E-state index is 0.0420. The molecule has 0 bridgehead atoms. The van der Waals surface area contributed by atoms with Gasteiger partial charge < -0.3 is 34.0 Å². The van der Waals surface area contributed by atoms with Crippen molar-refractivity contribution in [1.29, 1.82) is 0 Å². The highest BCUT2D eigenvalue weighted by Gasteiger charge is 2.36. The van der Waals surface area contributed by atoms with Crippen molar-refractivity contribution in [2.45, 2.75) is 180 Å². The Labute approximate surface area is 371 Å². The minimum atomic E-state index is -4.88. The number of epoxide rings is 1. The average Bonchev–Trinajstić information content (AvgIpc) is 3.99. The van der Waals surface area contributed by atoms with Crippen LogP contribution in [0.2, 0.25) is 0 Å². The predicted octanol–water partition coefficient (Wildman–Crippen LogP) is 10.8. The quantitative estimate of drug-likeness (QED) is 0.0148. The number of aliphatic hydroxyl groups is 1. The standard InChI is InChI=1S/C46H78O14P2/c1-3-5-7-9-11-12-13-14-15-16-17-18-19-20-23-28-32-36-46(49)59-42(40-58-62(53,54)57-38-41(47)37-56-61(50,51)52)39-55-45(48)35-31-27-24-21-22-26-30-34-44-43(60-44)33-29-25-10-8-6-4-2/h14-15,17-18,20-21,23-26,29-30,41-44,47H,3-13,16,19,22,27-28,31-40H2,1-2H3,(H,53,54)(H2,50,51,52)/b15-14-,18-17-,23-20-,24-21-,29-25-,30-26-/t41-,42+,43?,44?/m0/s1. The number of esters is 2. The summed E-state index contributed by atoms with van der Waals surface area (Å²) in [5, 5.41) is 9.75. The molecule has 5 atom stereocenters. The Morgan fingerprint density at radius 2 is 0.984 bits per heavy atom. The molecule has 0 saturated carbocycles. The first kappa shape index (κ1) is 57.5. The van der Waals surface area contributed by atoms with E-state index in [0.29, 0.717) is 37.9 Å². The lowest BCUT2D eigenvalue weighted by molar-refractivity contribution is -0.161. The number of unbranched alkanes of at least 4 members (excludes halogenated alkanes) is 11. The van der Waals surface area contributed by atoms with Crippen LogP contribution in [0.1, 0.15) is 155 Å². The number of phosphoric acid groups is 2. The third-order valence-electron chi connectivity index (χ3n) is 9.46. The maximum atomic E-state index is 12.7. The maximum absolute atomic E-state index is 12.7. The first-order valence-electron chi connectivity index (χ1n) is 22.8. The zero-order valence-electron chi connectivity index (χ0n) is 37.4. The summed E-state index contributed by atoms with van der Waals surface area (Å²) in [6, 6.07) is 0. The highest BCUT2D eigenvalue weighted by molar-refractivity contribution is 7.47. The molecular weight excluding hydrogens is 838 g/mol. The van der Waals surface area contributed by atoms with E-state index < -0.39 is 66.2 Å². The number of rotatable bonds is 41. The molecule has 1 fully saturated rings. The number of phosphoric ester groups is 2. The lowest BCUT2D eigenvalue weighted by Gasteiger charge is -2.20. The van der Waals surface area contributed by atoms with Crippen molar-refractivity contribution < 1.29 is 66.3 Å². The molecule has 0 radical (unpaired) electrons. The van der Waals surface area contributed by atoms with Gasteiger partial charge in [-0.15, -0.1) is 0 Å². The van der Waals surface area contributed by atoms with Crippen molar-refractivity contribution in [2.24, 2.45) is 0 Å². The van der Waals surface area contributed by atoms with Crippen molar-refractivity contribution in [1.82, 2.24) is 0 Å². The van der Waals surface area contributed by atoms with E-state index in [-0.39, 0.29) is 12.8 Å². The maximum Gasteiger partial charge on any atom is 0.472 e. The first-order chi connectivity index (χ1) is 29.8. The van der Waals surface area contributed by atoms with Crippen LogP contribution in [0.3, 0.4) is 0 Å². The first-order valence-corrected chi connectivity index (χ1v) is 25.8. The molecule has 0 aliphatic carbocycles. The van der Waals surface area contributed by atoms with E-state index >= 15 is 0 Å². The van der Waals surface area contributed by atoms with Crippen molar-refractivity contribution in [3.63, 3.8) is 0 Å². The van der Waals surface area contributed by atoms with Gasteiger partial charge in [0.05, 0.1) is 32.0 Å². The summed E-state index contributed by atoms with van der Waals surface area (Å²) >= 11 is 0. The summed E-state index contributed by atoms with van der Waals surface area (Å²) < 4.78 is 53.4. The molecule has 1 aliphatic heterocycles. The van der Waals surface area contributed by atoms with Gasteiger partial charge in [-0.2, -0.15) is 0 Å².